The lowest BCUT2D eigenvalue weighted by molar-refractivity contribution is 0.559. The predicted octanol–water partition coefficient (Wildman–Crippen LogP) is 15.9. The zero-order valence-electron chi connectivity index (χ0n) is 35.6. The first-order valence-corrected chi connectivity index (χ1v) is 20.9. The molecule has 58 heavy (non-hydrogen) atoms. The summed E-state index contributed by atoms with van der Waals surface area (Å²) in [5.74, 6) is 0. The Morgan fingerprint density at radius 3 is 1.74 bits per heavy atom. The second-order valence-electron chi connectivity index (χ2n) is 19.9. The van der Waals surface area contributed by atoms with E-state index in [1.807, 2.05) is 0 Å². The molecule has 0 N–H and O–H groups in total. The molecule has 0 aliphatic heterocycles. The van der Waals surface area contributed by atoms with Gasteiger partial charge < -0.3 is 9.32 Å². The molecule has 1 heterocycles. The lowest BCUT2D eigenvalue weighted by atomic mass is 9.79. The summed E-state index contributed by atoms with van der Waals surface area (Å²) in [5, 5.41) is 2.40. The predicted molar refractivity (Wildman–Crippen MR) is 246 cm³/mol. The molecule has 0 spiro atoms. The van der Waals surface area contributed by atoms with Gasteiger partial charge in [-0.1, -0.05) is 166 Å². The van der Waals surface area contributed by atoms with E-state index in [2.05, 4.69) is 214 Å². The number of hydrogen-bond donors (Lipinski definition) is 0. The fourth-order valence-corrected chi connectivity index (χ4v) is 10.0. The molecule has 2 heteroatoms. The van der Waals surface area contributed by atoms with Gasteiger partial charge in [-0.2, -0.15) is 0 Å². The normalized spacial score (nSPS) is 15.0. The van der Waals surface area contributed by atoms with Crippen LogP contribution in [0.4, 0.5) is 17.1 Å². The standard InChI is InChI=1S/C56H53NO/c1-53(2,3)36-30-43-42-27-29-47-50(52(42)58-51(43)49(31-36)54(4,5)6)44-32-38(25-28-46(44)55(47,7)8)57(37-22-20-35(21-23-37)34-16-12-11-13-17-34)39-24-26-41-40-18-14-15-19-45(40)56(9,10)48(41)33-39/h11-33H,1-10H3. The van der Waals surface area contributed by atoms with Gasteiger partial charge in [-0.3, -0.25) is 0 Å². The number of benzene rings is 7. The quantitative estimate of drug-likeness (QED) is 0.178. The molecule has 8 aromatic rings. The van der Waals surface area contributed by atoms with Crippen LogP contribution in [0, 0.1) is 0 Å². The molecule has 0 fully saturated rings. The van der Waals surface area contributed by atoms with Gasteiger partial charge in [0.25, 0.3) is 0 Å². The highest BCUT2D eigenvalue weighted by atomic mass is 16.3. The Morgan fingerprint density at radius 2 is 1.02 bits per heavy atom. The fourth-order valence-electron chi connectivity index (χ4n) is 10.0. The van der Waals surface area contributed by atoms with Crippen LogP contribution in [0.5, 0.6) is 0 Å². The van der Waals surface area contributed by atoms with Crippen molar-refractivity contribution < 1.29 is 4.42 Å². The summed E-state index contributed by atoms with van der Waals surface area (Å²) in [6.07, 6.45) is 0. The SMILES string of the molecule is CC(C)(C)c1cc(C(C)(C)C)c2oc3c4c(ccc3c2c1)C(C)(C)c1ccc(N(c2ccc(-c3ccccc3)cc2)c2ccc3c(c2)C(C)(C)c2ccccc2-3)cc1-4. The summed E-state index contributed by atoms with van der Waals surface area (Å²) in [4.78, 5) is 2.45. The van der Waals surface area contributed by atoms with Crippen LogP contribution in [0.25, 0.3) is 55.3 Å². The molecule has 2 aliphatic carbocycles. The van der Waals surface area contributed by atoms with Crippen molar-refractivity contribution in [3.8, 4) is 33.4 Å². The molecule has 0 radical (unpaired) electrons. The number of nitrogens with zero attached hydrogens (tertiary/aromatic N) is 1. The van der Waals surface area contributed by atoms with E-state index in [1.54, 1.807) is 0 Å². The van der Waals surface area contributed by atoms with Crippen LogP contribution in [-0.4, -0.2) is 0 Å². The van der Waals surface area contributed by atoms with E-state index in [4.69, 9.17) is 4.42 Å². The minimum Gasteiger partial charge on any atom is -0.455 e. The topological polar surface area (TPSA) is 16.4 Å². The van der Waals surface area contributed by atoms with Crippen molar-refractivity contribution in [3.63, 3.8) is 0 Å². The zero-order valence-corrected chi connectivity index (χ0v) is 35.6. The molecule has 0 saturated heterocycles. The van der Waals surface area contributed by atoms with Gasteiger partial charge in [0.05, 0.1) is 0 Å². The molecular formula is C56H53NO. The average Bonchev–Trinajstić information content (AvgIpc) is 3.77. The number of hydrogen-bond acceptors (Lipinski definition) is 2. The van der Waals surface area contributed by atoms with Crippen molar-refractivity contribution in [2.45, 2.75) is 90.9 Å². The number of fused-ring (bicyclic) bond motifs is 10. The number of anilines is 3. The highest BCUT2D eigenvalue weighted by Crippen LogP contribution is 2.56. The third-order valence-electron chi connectivity index (χ3n) is 13.4. The Balaban J connectivity index is 1.19. The van der Waals surface area contributed by atoms with Gasteiger partial charge in [-0.05, 0) is 109 Å². The summed E-state index contributed by atoms with van der Waals surface area (Å²) in [5.41, 5.74) is 20.6. The first-order chi connectivity index (χ1) is 27.5. The summed E-state index contributed by atoms with van der Waals surface area (Å²) in [6, 6.07) is 52.3. The summed E-state index contributed by atoms with van der Waals surface area (Å²) < 4.78 is 7.19. The van der Waals surface area contributed by atoms with Crippen molar-refractivity contribution in [2.75, 3.05) is 4.90 Å². The minimum absolute atomic E-state index is 0.0102. The molecule has 0 saturated carbocycles. The molecule has 2 aliphatic rings. The smallest absolute Gasteiger partial charge is 0.143 e. The van der Waals surface area contributed by atoms with Crippen molar-refractivity contribution in [3.05, 3.63) is 173 Å². The molecule has 288 valence electrons. The third-order valence-corrected chi connectivity index (χ3v) is 13.4. The average molecular weight is 756 g/mol. The van der Waals surface area contributed by atoms with Gasteiger partial charge in [-0.15, -0.1) is 0 Å². The van der Waals surface area contributed by atoms with Gasteiger partial charge in [0.1, 0.15) is 11.2 Å². The van der Waals surface area contributed by atoms with E-state index in [0.29, 0.717) is 0 Å². The van der Waals surface area contributed by atoms with Gasteiger partial charge >= 0.3 is 0 Å². The van der Waals surface area contributed by atoms with E-state index >= 15 is 0 Å². The molecule has 2 nitrogen and oxygen atoms in total. The molecule has 0 atom stereocenters. The van der Waals surface area contributed by atoms with E-state index < -0.39 is 0 Å². The first-order valence-electron chi connectivity index (χ1n) is 20.9. The first kappa shape index (κ1) is 36.5. The molecule has 0 unspecified atom stereocenters. The van der Waals surface area contributed by atoms with Gasteiger partial charge in [0.2, 0.25) is 0 Å². The van der Waals surface area contributed by atoms with Crippen molar-refractivity contribution in [2.24, 2.45) is 0 Å². The van der Waals surface area contributed by atoms with Crippen LogP contribution in [0.1, 0.15) is 103 Å². The summed E-state index contributed by atoms with van der Waals surface area (Å²) in [6.45, 7) is 23.3. The Hall–Kier alpha value is -5.86. The third kappa shape index (κ3) is 5.37. The molecule has 7 aromatic carbocycles. The molecule has 0 amide bonds. The maximum atomic E-state index is 7.19. The molecular weight excluding hydrogens is 703 g/mol. The van der Waals surface area contributed by atoms with Gasteiger partial charge in [-0.25, -0.2) is 0 Å². The van der Waals surface area contributed by atoms with Crippen molar-refractivity contribution in [1.82, 2.24) is 0 Å². The van der Waals surface area contributed by atoms with Crippen LogP contribution in [0.3, 0.4) is 0 Å². The highest BCUT2D eigenvalue weighted by molar-refractivity contribution is 6.13. The second-order valence-corrected chi connectivity index (χ2v) is 19.9. The van der Waals surface area contributed by atoms with E-state index in [9.17, 15) is 0 Å². The van der Waals surface area contributed by atoms with Crippen molar-refractivity contribution in [1.29, 1.82) is 0 Å². The van der Waals surface area contributed by atoms with E-state index in [0.717, 1.165) is 28.2 Å². The van der Waals surface area contributed by atoms with Crippen LogP contribution in [-0.2, 0) is 21.7 Å². The van der Waals surface area contributed by atoms with Gasteiger partial charge in [0, 0.05) is 49.8 Å². The Bertz CT molecular complexity index is 2940. The Morgan fingerprint density at radius 1 is 0.431 bits per heavy atom. The Kier molecular flexibility index (Phi) is 7.75. The Labute approximate surface area is 344 Å². The van der Waals surface area contributed by atoms with Crippen LogP contribution in [0.2, 0.25) is 0 Å². The summed E-state index contributed by atoms with van der Waals surface area (Å²) >= 11 is 0. The van der Waals surface area contributed by atoms with E-state index in [-0.39, 0.29) is 21.7 Å². The van der Waals surface area contributed by atoms with Crippen LogP contribution < -0.4 is 4.90 Å². The van der Waals surface area contributed by atoms with Gasteiger partial charge in [0.15, 0.2) is 0 Å². The molecule has 1 aromatic heterocycles. The maximum absolute atomic E-state index is 7.19. The molecule has 10 rings (SSSR count). The minimum atomic E-state index is -0.189. The zero-order chi connectivity index (χ0) is 40.5. The number of rotatable bonds is 4. The highest BCUT2D eigenvalue weighted by Gasteiger charge is 2.40. The summed E-state index contributed by atoms with van der Waals surface area (Å²) in [7, 11) is 0. The van der Waals surface area contributed by atoms with E-state index in [1.165, 1.54) is 77.5 Å². The van der Waals surface area contributed by atoms with Crippen molar-refractivity contribution >= 4 is 39.0 Å². The largest absolute Gasteiger partial charge is 0.455 e. The fraction of sp³-hybridized carbons (Fsp3) is 0.250. The van der Waals surface area contributed by atoms with Crippen LogP contribution in [0.15, 0.2) is 144 Å². The maximum Gasteiger partial charge on any atom is 0.143 e. The lowest BCUT2D eigenvalue weighted by Crippen LogP contribution is -2.17. The van der Waals surface area contributed by atoms with Crippen LogP contribution >= 0.6 is 0 Å². The molecule has 0 bridgehead atoms. The monoisotopic (exact) mass is 755 g/mol. The lowest BCUT2D eigenvalue weighted by Gasteiger charge is -2.29. The number of furan rings is 1. The second kappa shape index (κ2) is 12.3.